The molecule has 4 N–H and O–H groups in total. The number of aromatic nitrogens is 4. The van der Waals surface area contributed by atoms with Crippen molar-refractivity contribution in [2.45, 2.75) is 6.61 Å². The minimum Gasteiger partial charge on any atom is -0.460 e. The highest BCUT2D eigenvalue weighted by molar-refractivity contribution is 5.70. The molecule has 2 heterocycles. The van der Waals surface area contributed by atoms with Gasteiger partial charge in [-0.2, -0.15) is 9.97 Å². The van der Waals surface area contributed by atoms with Crippen LogP contribution in [0.4, 0.5) is 5.95 Å². The van der Waals surface area contributed by atoms with Gasteiger partial charge in [0, 0.05) is 0 Å². The molecule has 3 aromatic rings. The van der Waals surface area contributed by atoms with Crippen LogP contribution in [-0.2, 0) is 6.61 Å². The minimum absolute atomic E-state index is 0.0265. The Morgan fingerprint density at radius 2 is 1.95 bits per heavy atom. The van der Waals surface area contributed by atoms with Crippen LogP contribution in [0.5, 0.6) is 6.01 Å². The van der Waals surface area contributed by atoms with Gasteiger partial charge in [-0.3, -0.25) is 9.78 Å². The first kappa shape index (κ1) is 11.3. The molecule has 19 heavy (non-hydrogen) atoms. The summed E-state index contributed by atoms with van der Waals surface area (Å²) >= 11 is 0. The molecule has 0 fully saturated rings. The summed E-state index contributed by atoms with van der Waals surface area (Å²) in [4.78, 5) is 24.7. The molecule has 0 aliphatic carbocycles. The van der Waals surface area contributed by atoms with E-state index in [0.29, 0.717) is 6.61 Å². The molecule has 0 atom stereocenters. The first-order valence-electron chi connectivity index (χ1n) is 5.64. The molecule has 3 rings (SSSR count). The Kier molecular flexibility index (Phi) is 2.64. The number of H-pyrrole nitrogens is 2. The maximum atomic E-state index is 11.6. The van der Waals surface area contributed by atoms with Crippen LogP contribution in [0.2, 0.25) is 0 Å². The van der Waals surface area contributed by atoms with Crippen molar-refractivity contribution < 1.29 is 4.74 Å². The number of ether oxygens (including phenoxy) is 1. The monoisotopic (exact) mass is 257 g/mol. The predicted octanol–water partition coefficient (Wildman–Crippen LogP) is 0.807. The molecule has 0 aliphatic heterocycles. The molecule has 7 nitrogen and oxygen atoms in total. The van der Waals surface area contributed by atoms with Crippen molar-refractivity contribution in [3.8, 4) is 6.01 Å². The highest BCUT2D eigenvalue weighted by Crippen LogP contribution is 2.12. The Morgan fingerprint density at radius 1 is 1.16 bits per heavy atom. The number of rotatable bonds is 3. The fraction of sp³-hybridized carbons (Fsp3) is 0.0833. The van der Waals surface area contributed by atoms with E-state index in [1.54, 1.807) is 0 Å². The van der Waals surface area contributed by atoms with Crippen LogP contribution in [0, 0.1) is 0 Å². The molecule has 0 unspecified atom stereocenters. The third-order valence-electron chi connectivity index (χ3n) is 2.58. The summed E-state index contributed by atoms with van der Waals surface area (Å²) in [5.41, 5.74) is 6.56. The Morgan fingerprint density at radius 3 is 2.74 bits per heavy atom. The van der Waals surface area contributed by atoms with Gasteiger partial charge in [-0.25, -0.2) is 0 Å². The summed E-state index contributed by atoms with van der Waals surface area (Å²) in [6.45, 7) is 0.355. The molecule has 0 bridgehead atoms. The van der Waals surface area contributed by atoms with Crippen LogP contribution in [0.1, 0.15) is 5.56 Å². The lowest BCUT2D eigenvalue weighted by molar-refractivity contribution is 0.284. The van der Waals surface area contributed by atoms with Crippen LogP contribution in [0.25, 0.3) is 11.2 Å². The second kappa shape index (κ2) is 4.45. The lowest BCUT2D eigenvalue weighted by Crippen LogP contribution is -2.10. The topological polar surface area (TPSA) is 110 Å². The predicted molar refractivity (Wildman–Crippen MR) is 69.7 cm³/mol. The number of benzene rings is 1. The van der Waals surface area contributed by atoms with Gasteiger partial charge in [-0.15, -0.1) is 0 Å². The Hall–Kier alpha value is -2.83. The smallest absolute Gasteiger partial charge is 0.296 e. The van der Waals surface area contributed by atoms with Crippen molar-refractivity contribution in [1.82, 2.24) is 19.9 Å². The van der Waals surface area contributed by atoms with E-state index in [1.165, 1.54) is 0 Å². The molecule has 0 saturated heterocycles. The third-order valence-corrected chi connectivity index (χ3v) is 2.58. The largest absolute Gasteiger partial charge is 0.460 e. The summed E-state index contributed by atoms with van der Waals surface area (Å²) < 4.78 is 5.47. The number of imidazole rings is 1. The second-order valence-electron chi connectivity index (χ2n) is 3.97. The molecule has 0 amide bonds. The Balaban J connectivity index is 1.86. The first-order chi connectivity index (χ1) is 9.22. The number of hydrogen-bond donors (Lipinski definition) is 3. The van der Waals surface area contributed by atoms with Crippen LogP contribution >= 0.6 is 0 Å². The van der Waals surface area contributed by atoms with Crippen molar-refractivity contribution in [3.05, 3.63) is 46.2 Å². The lowest BCUT2D eigenvalue weighted by Gasteiger charge is -2.01. The van der Waals surface area contributed by atoms with Gasteiger partial charge in [0.1, 0.15) is 6.61 Å². The lowest BCUT2D eigenvalue weighted by atomic mass is 10.2. The number of nitrogens with two attached hydrogens (primary N) is 1. The average Bonchev–Trinajstić information content (AvgIpc) is 2.81. The zero-order valence-corrected chi connectivity index (χ0v) is 9.88. The van der Waals surface area contributed by atoms with Gasteiger partial charge in [-0.1, -0.05) is 30.3 Å². The number of aromatic amines is 2. The van der Waals surface area contributed by atoms with E-state index >= 15 is 0 Å². The fourth-order valence-corrected chi connectivity index (χ4v) is 1.70. The maximum Gasteiger partial charge on any atom is 0.296 e. The van der Waals surface area contributed by atoms with Crippen molar-refractivity contribution in [2.75, 3.05) is 5.73 Å². The Labute approximate surface area is 107 Å². The molecule has 96 valence electrons. The van der Waals surface area contributed by atoms with E-state index < -0.39 is 0 Å². The average molecular weight is 257 g/mol. The number of anilines is 1. The standard InChI is InChI=1S/C12H11N5O2/c13-11-15-9-8(10(18)17-11)14-12(16-9)19-6-7-4-2-1-3-5-7/h1-5H,6H2,(H4,13,14,15,16,17,18). The van der Waals surface area contributed by atoms with Crippen molar-refractivity contribution >= 4 is 17.1 Å². The molecule has 1 aromatic carbocycles. The molecular weight excluding hydrogens is 246 g/mol. The number of hydrogen-bond acceptors (Lipinski definition) is 5. The summed E-state index contributed by atoms with van der Waals surface area (Å²) in [7, 11) is 0. The SMILES string of the molecule is Nc1nc2nc(OCc3ccccc3)[nH]c2c(=O)[nH]1. The highest BCUT2D eigenvalue weighted by Gasteiger charge is 2.09. The van der Waals surface area contributed by atoms with Gasteiger partial charge >= 0.3 is 0 Å². The summed E-state index contributed by atoms with van der Waals surface area (Å²) in [5, 5.41) is 0. The van der Waals surface area contributed by atoms with Crippen molar-refractivity contribution in [3.63, 3.8) is 0 Å². The molecule has 0 radical (unpaired) electrons. The summed E-state index contributed by atoms with van der Waals surface area (Å²) in [6, 6.07) is 9.88. The number of nitrogens with one attached hydrogen (secondary N) is 2. The highest BCUT2D eigenvalue weighted by atomic mass is 16.5. The van der Waals surface area contributed by atoms with E-state index in [0.717, 1.165) is 5.56 Å². The van der Waals surface area contributed by atoms with E-state index in [2.05, 4.69) is 19.9 Å². The minimum atomic E-state index is -0.371. The first-order valence-corrected chi connectivity index (χ1v) is 5.64. The van der Waals surface area contributed by atoms with Crippen LogP contribution < -0.4 is 16.0 Å². The van der Waals surface area contributed by atoms with E-state index in [9.17, 15) is 4.79 Å². The van der Waals surface area contributed by atoms with E-state index in [1.807, 2.05) is 30.3 Å². The summed E-state index contributed by atoms with van der Waals surface area (Å²) in [5.74, 6) is 0.0265. The van der Waals surface area contributed by atoms with E-state index in [4.69, 9.17) is 10.5 Å². The molecule has 7 heteroatoms. The maximum absolute atomic E-state index is 11.6. The zero-order valence-electron chi connectivity index (χ0n) is 9.88. The molecule has 0 aliphatic rings. The number of nitrogens with zero attached hydrogens (tertiary/aromatic N) is 2. The number of fused-ring (bicyclic) bond motifs is 1. The molecule has 0 saturated carbocycles. The van der Waals surface area contributed by atoms with Gasteiger partial charge in [0.05, 0.1) is 0 Å². The van der Waals surface area contributed by atoms with Gasteiger partial charge in [0.25, 0.3) is 11.6 Å². The van der Waals surface area contributed by atoms with Gasteiger partial charge in [-0.05, 0) is 5.56 Å². The zero-order chi connectivity index (χ0) is 13.2. The Bertz CT molecular complexity index is 763. The molecule has 2 aromatic heterocycles. The van der Waals surface area contributed by atoms with Gasteiger partial charge in [0.2, 0.25) is 5.95 Å². The van der Waals surface area contributed by atoms with Crippen molar-refractivity contribution in [2.24, 2.45) is 0 Å². The second-order valence-corrected chi connectivity index (χ2v) is 3.97. The van der Waals surface area contributed by atoms with Gasteiger partial charge < -0.3 is 15.5 Å². The molecular formula is C12H11N5O2. The fourth-order valence-electron chi connectivity index (χ4n) is 1.70. The van der Waals surface area contributed by atoms with Crippen molar-refractivity contribution in [1.29, 1.82) is 0 Å². The molecule has 0 spiro atoms. The number of nitrogen functional groups attached to an aromatic ring is 1. The van der Waals surface area contributed by atoms with Gasteiger partial charge in [0.15, 0.2) is 11.2 Å². The van der Waals surface area contributed by atoms with Crippen LogP contribution in [0.3, 0.4) is 0 Å². The van der Waals surface area contributed by atoms with E-state index in [-0.39, 0.29) is 28.7 Å². The van der Waals surface area contributed by atoms with Crippen LogP contribution in [-0.4, -0.2) is 19.9 Å². The normalized spacial score (nSPS) is 10.7. The third kappa shape index (κ3) is 2.25. The van der Waals surface area contributed by atoms with Crippen LogP contribution in [0.15, 0.2) is 35.1 Å². The quantitative estimate of drug-likeness (QED) is 0.643. The summed E-state index contributed by atoms with van der Waals surface area (Å²) in [6.07, 6.45) is 0.